The Labute approximate surface area is 133 Å². The molecule has 0 bridgehead atoms. The van der Waals surface area contributed by atoms with E-state index in [9.17, 15) is 5.26 Å². The minimum atomic E-state index is 0.568. The molecule has 1 atom stereocenters. The molecule has 2 aliphatic heterocycles. The van der Waals surface area contributed by atoms with Gasteiger partial charge in [0.15, 0.2) is 0 Å². The zero-order valence-electron chi connectivity index (χ0n) is 12.0. The van der Waals surface area contributed by atoms with E-state index in [1.807, 2.05) is 6.07 Å². The maximum Gasteiger partial charge on any atom is 0.146 e. The Morgan fingerprint density at radius 2 is 2.24 bits per heavy atom. The number of ether oxygens (including phenoxy) is 1. The van der Waals surface area contributed by atoms with Crippen molar-refractivity contribution < 1.29 is 4.74 Å². The molecule has 2 fully saturated rings. The third-order valence-electron chi connectivity index (χ3n) is 4.21. The van der Waals surface area contributed by atoms with Gasteiger partial charge in [0.25, 0.3) is 0 Å². The van der Waals surface area contributed by atoms with Gasteiger partial charge in [-0.25, -0.2) is 4.98 Å². The fourth-order valence-corrected chi connectivity index (χ4v) is 3.42. The largest absolute Gasteiger partial charge is 0.380 e. The Kier molecular flexibility index (Phi) is 4.73. The lowest BCUT2D eigenvalue weighted by atomic mass is 10.2. The first-order chi connectivity index (χ1) is 10.3. The molecule has 6 heteroatoms. The van der Waals surface area contributed by atoms with Crippen LogP contribution in [0.15, 0.2) is 16.7 Å². The SMILES string of the molecule is N#Cc1cc(Br)cnc1N1CCCN(C2CCOC2)CC1. The lowest BCUT2D eigenvalue weighted by molar-refractivity contribution is 0.148. The van der Waals surface area contributed by atoms with E-state index in [-0.39, 0.29) is 0 Å². The van der Waals surface area contributed by atoms with Crippen molar-refractivity contribution in [2.24, 2.45) is 0 Å². The van der Waals surface area contributed by atoms with Crippen LogP contribution < -0.4 is 4.90 Å². The summed E-state index contributed by atoms with van der Waals surface area (Å²) in [6, 6.07) is 4.66. The van der Waals surface area contributed by atoms with Crippen LogP contribution in [0.5, 0.6) is 0 Å². The molecule has 112 valence electrons. The fraction of sp³-hybridized carbons (Fsp3) is 0.600. The van der Waals surface area contributed by atoms with E-state index in [1.165, 1.54) is 0 Å². The number of nitrogens with zero attached hydrogens (tertiary/aromatic N) is 4. The molecule has 5 nitrogen and oxygen atoms in total. The van der Waals surface area contributed by atoms with Crippen molar-refractivity contribution in [1.29, 1.82) is 5.26 Å². The first-order valence-electron chi connectivity index (χ1n) is 7.40. The van der Waals surface area contributed by atoms with Crippen LogP contribution in [-0.2, 0) is 4.74 Å². The maximum atomic E-state index is 9.30. The molecule has 2 aliphatic rings. The summed E-state index contributed by atoms with van der Waals surface area (Å²) in [5, 5.41) is 9.30. The topological polar surface area (TPSA) is 52.4 Å². The van der Waals surface area contributed by atoms with Crippen LogP contribution in [0.1, 0.15) is 18.4 Å². The minimum Gasteiger partial charge on any atom is -0.380 e. The number of pyridine rings is 1. The van der Waals surface area contributed by atoms with E-state index >= 15 is 0 Å². The van der Waals surface area contributed by atoms with Gasteiger partial charge in [-0.2, -0.15) is 5.26 Å². The first-order valence-corrected chi connectivity index (χ1v) is 8.19. The van der Waals surface area contributed by atoms with Crippen molar-refractivity contribution in [3.05, 3.63) is 22.3 Å². The summed E-state index contributed by atoms with van der Waals surface area (Å²) in [6.45, 7) is 5.73. The van der Waals surface area contributed by atoms with Crippen LogP contribution in [0.25, 0.3) is 0 Å². The van der Waals surface area contributed by atoms with Crippen molar-refractivity contribution >= 4 is 21.7 Å². The maximum absolute atomic E-state index is 9.30. The lowest BCUT2D eigenvalue weighted by Crippen LogP contribution is -2.38. The van der Waals surface area contributed by atoms with E-state index in [0.717, 1.165) is 62.5 Å². The molecule has 1 aromatic rings. The quantitative estimate of drug-likeness (QED) is 0.816. The minimum absolute atomic E-state index is 0.568. The van der Waals surface area contributed by atoms with E-state index < -0.39 is 0 Å². The number of hydrogen-bond donors (Lipinski definition) is 0. The summed E-state index contributed by atoms with van der Waals surface area (Å²) < 4.78 is 6.35. The van der Waals surface area contributed by atoms with Gasteiger partial charge in [0.05, 0.1) is 12.2 Å². The summed E-state index contributed by atoms with van der Waals surface area (Å²) in [5.74, 6) is 0.810. The van der Waals surface area contributed by atoms with Crippen LogP contribution in [0, 0.1) is 11.3 Å². The third-order valence-corrected chi connectivity index (χ3v) is 4.64. The van der Waals surface area contributed by atoms with Crippen molar-refractivity contribution in [2.45, 2.75) is 18.9 Å². The van der Waals surface area contributed by atoms with Crippen molar-refractivity contribution in [3.8, 4) is 6.07 Å². The van der Waals surface area contributed by atoms with Crippen LogP contribution in [-0.4, -0.2) is 55.3 Å². The molecule has 0 radical (unpaired) electrons. The van der Waals surface area contributed by atoms with E-state index in [0.29, 0.717) is 11.6 Å². The molecule has 0 saturated carbocycles. The molecule has 1 unspecified atom stereocenters. The zero-order valence-corrected chi connectivity index (χ0v) is 13.5. The highest BCUT2D eigenvalue weighted by atomic mass is 79.9. The van der Waals surface area contributed by atoms with Crippen LogP contribution in [0.4, 0.5) is 5.82 Å². The van der Waals surface area contributed by atoms with Gasteiger partial charge in [0.2, 0.25) is 0 Å². The fourth-order valence-electron chi connectivity index (χ4n) is 3.09. The molecular formula is C15H19BrN4O. The monoisotopic (exact) mass is 350 g/mol. The van der Waals surface area contributed by atoms with Gasteiger partial charge in [-0.3, -0.25) is 4.90 Å². The summed E-state index contributed by atoms with van der Waals surface area (Å²) in [5.41, 5.74) is 0.641. The van der Waals surface area contributed by atoms with E-state index in [4.69, 9.17) is 4.74 Å². The molecule has 3 rings (SSSR count). The first kappa shape index (κ1) is 14.8. The highest BCUT2D eigenvalue weighted by molar-refractivity contribution is 9.10. The molecule has 0 N–H and O–H groups in total. The highest BCUT2D eigenvalue weighted by Crippen LogP contribution is 2.23. The van der Waals surface area contributed by atoms with Gasteiger partial charge in [-0.15, -0.1) is 0 Å². The standard InChI is InChI=1S/C15H19BrN4O/c16-13-8-12(9-17)15(18-10-13)20-4-1-3-19(5-6-20)14-2-7-21-11-14/h8,10,14H,1-7,11H2. The number of halogens is 1. The Bertz CT molecular complexity index is 539. The van der Waals surface area contributed by atoms with E-state index in [1.54, 1.807) is 6.20 Å². The normalized spacial score (nSPS) is 23.8. The predicted molar refractivity (Wildman–Crippen MR) is 84.3 cm³/mol. The number of rotatable bonds is 2. The second kappa shape index (κ2) is 6.73. The van der Waals surface area contributed by atoms with Crippen LogP contribution >= 0.6 is 15.9 Å². The molecular weight excluding hydrogens is 332 g/mol. The Morgan fingerprint density at radius 1 is 1.33 bits per heavy atom. The smallest absolute Gasteiger partial charge is 0.146 e. The highest BCUT2D eigenvalue weighted by Gasteiger charge is 2.26. The van der Waals surface area contributed by atoms with Gasteiger partial charge in [0, 0.05) is 49.5 Å². The van der Waals surface area contributed by atoms with Crippen molar-refractivity contribution in [3.63, 3.8) is 0 Å². The molecule has 0 aliphatic carbocycles. The van der Waals surface area contributed by atoms with Gasteiger partial charge in [-0.05, 0) is 34.8 Å². The van der Waals surface area contributed by atoms with Gasteiger partial charge in [0.1, 0.15) is 11.9 Å². The number of anilines is 1. The Morgan fingerprint density at radius 3 is 3.00 bits per heavy atom. The van der Waals surface area contributed by atoms with Gasteiger partial charge < -0.3 is 9.64 Å². The van der Waals surface area contributed by atoms with Gasteiger partial charge >= 0.3 is 0 Å². The lowest BCUT2D eigenvalue weighted by Gasteiger charge is -2.26. The number of nitriles is 1. The molecule has 1 aromatic heterocycles. The average Bonchev–Trinajstić information content (AvgIpc) is 2.92. The summed E-state index contributed by atoms with van der Waals surface area (Å²) >= 11 is 3.38. The Balaban J connectivity index is 1.71. The molecule has 3 heterocycles. The number of hydrogen-bond acceptors (Lipinski definition) is 5. The van der Waals surface area contributed by atoms with Crippen molar-refractivity contribution in [1.82, 2.24) is 9.88 Å². The Hall–Kier alpha value is -1.16. The summed E-state index contributed by atoms with van der Waals surface area (Å²) in [4.78, 5) is 9.21. The molecule has 21 heavy (non-hydrogen) atoms. The average molecular weight is 351 g/mol. The number of aromatic nitrogens is 1. The molecule has 0 aromatic carbocycles. The molecule has 2 saturated heterocycles. The molecule has 0 amide bonds. The summed E-state index contributed by atoms with van der Waals surface area (Å²) in [6.07, 6.45) is 4.00. The van der Waals surface area contributed by atoms with Crippen LogP contribution in [0.2, 0.25) is 0 Å². The molecule has 0 spiro atoms. The second-order valence-corrected chi connectivity index (χ2v) is 6.45. The zero-order chi connectivity index (χ0) is 14.7. The summed E-state index contributed by atoms with van der Waals surface area (Å²) in [7, 11) is 0. The van der Waals surface area contributed by atoms with Crippen LogP contribution in [0.3, 0.4) is 0 Å². The van der Waals surface area contributed by atoms with Gasteiger partial charge in [-0.1, -0.05) is 0 Å². The predicted octanol–water partition coefficient (Wildman–Crippen LogP) is 2.02. The third kappa shape index (κ3) is 3.37. The van der Waals surface area contributed by atoms with E-state index in [2.05, 4.69) is 36.8 Å². The van der Waals surface area contributed by atoms with Crippen molar-refractivity contribution in [2.75, 3.05) is 44.3 Å². The second-order valence-electron chi connectivity index (χ2n) is 5.53.